The van der Waals surface area contributed by atoms with E-state index in [1.54, 1.807) is 38.3 Å². The zero-order chi connectivity index (χ0) is 23.7. The molecule has 4 rings (SSSR count). The van der Waals surface area contributed by atoms with Gasteiger partial charge in [0, 0.05) is 16.1 Å². The molecule has 2 heterocycles. The first-order valence-electron chi connectivity index (χ1n) is 9.97. The summed E-state index contributed by atoms with van der Waals surface area (Å²) in [5.74, 6) is 0.546. The van der Waals surface area contributed by atoms with Crippen molar-refractivity contribution >= 4 is 35.0 Å². The maximum absolute atomic E-state index is 13.6. The van der Waals surface area contributed by atoms with Gasteiger partial charge in [0.05, 0.1) is 37.1 Å². The van der Waals surface area contributed by atoms with E-state index in [4.69, 9.17) is 25.8 Å². The van der Waals surface area contributed by atoms with Gasteiger partial charge in [-0.1, -0.05) is 41.1 Å². The average molecular weight is 485 g/mol. The molecule has 0 saturated carbocycles. The predicted octanol–water partition coefficient (Wildman–Crippen LogP) is 3.08. The lowest BCUT2D eigenvalue weighted by Gasteiger charge is -2.25. The Kier molecular flexibility index (Phi) is 6.40. The highest BCUT2D eigenvalue weighted by molar-refractivity contribution is 7.07. The fourth-order valence-electron chi connectivity index (χ4n) is 3.83. The fourth-order valence-corrected chi connectivity index (χ4v) is 5.05. The van der Waals surface area contributed by atoms with E-state index in [0.717, 1.165) is 5.56 Å². The molecule has 0 spiro atoms. The summed E-state index contributed by atoms with van der Waals surface area (Å²) in [6.07, 6.45) is 1.76. The topological polar surface area (TPSA) is 79.1 Å². The van der Waals surface area contributed by atoms with E-state index in [1.807, 2.05) is 24.3 Å². The summed E-state index contributed by atoms with van der Waals surface area (Å²) in [6.45, 7) is 1.72. The number of aromatic nitrogens is 1. The number of halogens is 1. The molecule has 1 aliphatic rings. The number of nitrogens with zero attached hydrogens (tertiary/aromatic N) is 2. The SMILES string of the molecule is COC(=O)C1=C(C)N=c2s/c(=C\c3ccccc3OC)c(=O)n2[C@@H]1c1cc(Cl)ccc1OC. The second kappa shape index (κ2) is 9.25. The molecule has 1 atom stereocenters. The van der Waals surface area contributed by atoms with E-state index in [9.17, 15) is 9.59 Å². The van der Waals surface area contributed by atoms with Gasteiger partial charge in [0.2, 0.25) is 0 Å². The Bertz CT molecular complexity index is 1450. The molecule has 0 unspecified atom stereocenters. The van der Waals surface area contributed by atoms with Gasteiger partial charge in [0.15, 0.2) is 4.80 Å². The summed E-state index contributed by atoms with van der Waals surface area (Å²) in [5.41, 5.74) is 1.72. The number of ether oxygens (including phenoxy) is 3. The van der Waals surface area contributed by atoms with Gasteiger partial charge in [-0.3, -0.25) is 9.36 Å². The summed E-state index contributed by atoms with van der Waals surface area (Å²) in [6, 6.07) is 11.7. The average Bonchev–Trinajstić information content (AvgIpc) is 3.12. The van der Waals surface area contributed by atoms with Crippen LogP contribution in [0.3, 0.4) is 0 Å². The Morgan fingerprint density at radius 1 is 1.12 bits per heavy atom. The van der Waals surface area contributed by atoms with Gasteiger partial charge in [-0.05, 0) is 37.3 Å². The van der Waals surface area contributed by atoms with Crippen LogP contribution in [0.4, 0.5) is 0 Å². The number of esters is 1. The third-order valence-corrected chi connectivity index (χ3v) is 6.56. The van der Waals surface area contributed by atoms with E-state index in [0.29, 0.717) is 37.1 Å². The molecule has 9 heteroatoms. The maximum atomic E-state index is 13.6. The van der Waals surface area contributed by atoms with Crippen LogP contribution >= 0.6 is 22.9 Å². The molecule has 0 fully saturated rings. The molecule has 0 radical (unpaired) electrons. The van der Waals surface area contributed by atoms with E-state index in [2.05, 4.69) is 4.99 Å². The molecule has 1 aromatic heterocycles. The summed E-state index contributed by atoms with van der Waals surface area (Å²) < 4.78 is 17.9. The molecule has 2 aromatic carbocycles. The van der Waals surface area contributed by atoms with Crippen molar-refractivity contribution < 1.29 is 19.0 Å². The van der Waals surface area contributed by atoms with Crippen LogP contribution < -0.4 is 24.4 Å². The van der Waals surface area contributed by atoms with Gasteiger partial charge in [-0.2, -0.15) is 0 Å². The van der Waals surface area contributed by atoms with Gasteiger partial charge in [-0.15, -0.1) is 0 Å². The van der Waals surface area contributed by atoms with Crippen molar-refractivity contribution in [3.63, 3.8) is 0 Å². The molecule has 0 N–H and O–H groups in total. The number of para-hydroxylation sites is 1. The van der Waals surface area contributed by atoms with E-state index >= 15 is 0 Å². The number of fused-ring (bicyclic) bond motifs is 1. The summed E-state index contributed by atoms with van der Waals surface area (Å²) >= 11 is 7.52. The first-order chi connectivity index (χ1) is 15.9. The molecular weight excluding hydrogens is 464 g/mol. The van der Waals surface area contributed by atoms with Gasteiger partial charge >= 0.3 is 5.97 Å². The first kappa shape index (κ1) is 22.8. The van der Waals surface area contributed by atoms with Gasteiger partial charge < -0.3 is 14.2 Å². The van der Waals surface area contributed by atoms with Crippen molar-refractivity contribution in [3.8, 4) is 11.5 Å². The monoisotopic (exact) mass is 484 g/mol. The Morgan fingerprint density at radius 3 is 2.55 bits per heavy atom. The van der Waals surface area contributed by atoms with Crippen LogP contribution in [0.2, 0.25) is 5.02 Å². The van der Waals surface area contributed by atoms with Crippen molar-refractivity contribution in [1.29, 1.82) is 0 Å². The van der Waals surface area contributed by atoms with Crippen molar-refractivity contribution in [2.24, 2.45) is 4.99 Å². The fraction of sp³-hybridized carbons (Fsp3) is 0.208. The number of allylic oxidation sites excluding steroid dienone is 1. The molecule has 0 aliphatic carbocycles. The smallest absolute Gasteiger partial charge is 0.338 e. The van der Waals surface area contributed by atoms with Crippen LogP contribution in [0.1, 0.15) is 24.1 Å². The Balaban J connectivity index is 2.04. The molecule has 0 saturated heterocycles. The van der Waals surface area contributed by atoms with Crippen LogP contribution in [0, 0.1) is 0 Å². The van der Waals surface area contributed by atoms with Crippen LogP contribution in [0.15, 0.2) is 63.5 Å². The lowest BCUT2D eigenvalue weighted by atomic mass is 9.95. The normalized spacial score (nSPS) is 15.7. The number of carbonyl (C=O) groups is 1. The lowest BCUT2D eigenvalue weighted by Crippen LogP contribution is -2.40. The molecule has 3 aromatic rings. The molecule has 170 valence electrons. The second-order valence-electron chi connectivity index (χ2n) is 7.20. The first-order valence-corrected chi connectivity index (χ1v) is 11.2. The number of hydrogen-bond acceptors (Lipinski definition) is 7. The number of methoxy groups -OCH3 is 3. The van der Waals surface area contributed by atoms with Gasteiger partial charge in [-0.25, -0.2) is 9.79 Å². The van der Waals surface area contributed by atoms with Crippen molar-refractivity contribution in [1.82, 2.24) is 4.57 Å². The number of rotatable bonds is 5. The predicted molar refractivity (Wildman–Crippen MR) is 127 cm³/mol. The Morgan fingerprint density at radius 2 is 1.85 bits per heavy atom. The summed E-state index contributed by atoms with van der Waals surface area (Å²) in [5, 5.41) is 0.445. The lowest BCUT2D eigenvalue weighted by molar-refractivity contribution is -0.136. The van der Waals surface area contributed by atoms with Crippen molar-refractivity contribution in [3.05, 3.63) is 89.6 Å². The number of benzene rings is 2. The largest absolute Gasteiger partial charge is 0.496 e. The molecule has 1 aliphatic heterocycles. The van der Waals surface area contributed by atoms with Gasteiger partial charge in [0.1, 0.15) is 17.5 Å². The third-order valence-electron chi connectivity index (χ3n) is 5.34. The molecular formula is C24H21ClN2O5S. The van der Waals surface area contributed by atoms with Crippen LogP contribution in [0.5, 0.6) is 11.5 Å². The molecule has 0 amide bonds. The van der Waals surface area contributed by atoms with Gasteiger partial charge in [0.25, 0.3) is 5.56 Å². The Hall–Kier alpha value is -3.36. The molecule has 0 bridgehead atoms. The number of hydrogen-bond donors (Lipinski definition) is 0. The second-order valence-corrected chi connectivity index (χ2v) is 8.65. The highest BCUT2D eigenvalue weighted by Gasteiger charge is 2.35. The summed E-state index contributed by atoms with van der Waals surface area (Å²) in [4.78, 5) is 31.4. The van der Waals surface area contributed by atoms with Crippen LogP contribution in [0.25, 0.3) is 6.08 Å². The highest BCUT2D eigenvalue weighted by atomic mass is 35.5. The summed E-state index contributed by atoms with van der Waals surface area (Å²) in [7, 11) is 4.39. The number of thiazole rings is 1. The Labute approximate surface area is 198 Å². The van der Waals surface area contributed by atoms with E-state index in [-0.39, 0.29) is 11.1 Å². The highest BCUT2D eigenvalue weighted by Crippen LogP contribution is 2.37. The number of carbonyl (C=O) groups excluding carboxylic acids is 1. The minimum absolute atomic E-state index is 0.245. The molecule has 33 heavy (non-hydrogen) atoms. The zero-order valence-electron chi connectivity index (χ0n) is 18.4. The van der Waals surface area contributed by atoms with E-state index in [1.165, 1.54) is 30.1 Å². The van der Waals surface area contributed by atoms with E-state index < -0.39 is 12.0 Å². The van der Waals surface area contributed by atoms with Crippen molar-refractivity contribution in [2.75, 3.05) is 21.3 Å². The van der Waals surface area contributed by atoms with Crippen LogP contribution in [-0.4, -0.2) is 31.9 Å². The third kappa shape index (κ3) is 4.07. The minimum Gasteiger partial charge on any atom is -0.496 e. The minimum atomic E-state index is -0.817. The van der Waals surface area contributed by atoms with Crippen molar-refractivity contribution in [2.45, 2.75) is 13.0 Å². The van der Waals surface area contributed by atoms with Crippen LogP contribution in [-0.2, 0) is 9.53 Å². The maximum Gasteiger partial charge on any atom is 0.338 e. The zero-order valence-corrected chi connectivity index (χ0v) is 20.0. The molecule has 7 nitrogen and oxygen atoms in total. The quantitative estimate of drug-likeness (QED) is 0.520. The standard InChI is InChI=1S/C24H21ClN2O5S/c1-13-20(23(29)32-4)21(16-12-15(25)9-10-18(16)31-3)27-22(28)19(33-24(27)26-13)11-14-7-5-6-8-17(14)30-2/h5-12,21H,1-4H3/b19-11-/t21-/m1/s1.